The Labute approximate surface area is 131 Å². The molecule has 1 aliphatic heterocycles. The van der Waals surface area contributed by atoms with Gasteiger partial charge in [0.25, 0.3) is 0 Å². The van der Waals surface area contributed by atoms with Gasteiger partial charge >= 0.3 is 0 Å². The number of H-pyrrole nitrogens is 1. The molecule has 0 radical (unpaired) electrons. The largest absolute Gasteiger partial charge is 0.497 e. The maximum atomic E-state index is 6.16. The first-order valence-corrected chi connectivity index (χ1v) is 7.74. The van der Waals surface area contributed by atoms with E-state index in [4.69, 9.17) is 9.47 Å². The van der Waals surface area contributed by atoms with Crippen molar-refractivity contribution in [1.82, 2.24) is 14.9 Å². The van der Waals surface area contributed by atoms with Gasteiger partial charge in [-0.3, -0.25) is 4.90 Å². The van der Waals surface area contributed by atoms with Crippen molar-refractivity contribution in [2.75, 3.05) is 13.7 Å². The second-order valence-corrected chi connectivity index (χ2v) is 5.77. The molecule has 1 atom stereocenters. The number of rotatable bonds is 4. The molecule has 0 bridgehead atoms. The van der Waals surface area contributed by atoms with E-state index in [1.54, 1.807) is 13.4 Å². The molecule has 0 saturated heterocycles. The van der Waals surface area contributed by atoms with Crippen molar-refractivity contribution < 1.29 is 9.47 Å². The number of hydrogen-bond donors (Lipinski definition) is 1. The van der Waals surface area contributed by atoms with E-state index in [9.17, 15) is 0 Å². The molecule has 0 amide bonds. The second kappa shape index (κ2) is 6.40. The highest BCUT2D eigenvalue weighted by atomic mass is 16.5. The number of benzene rings is 1. The van der Waals surface area contributed by atoms with Crippen LogP contribution in [0.25, 0.3) is 0 Å². The summed E-state index contributed by atoms with van der Waals surface area (Å²) in [7, 11) is 1.69. The lowest BCUT2D eigenvalue weighted by Crippen LogP contribution is -2.32. The highest BCUT2D eigenvalue weighted by molar-refractivity contribution is 5.41. The van der Waals surface area contributed by atoms with Crippen molar-refractivity contribution in [3.8, 4) is 11.5 Å². The summed E-state index contributed by atoms with van der Waals surface area (Å²) in [4.78, 5) is 9.96. The summed E-state index contributed by atoms with van der Waals surface area (Å²) in [5.74, 6) is 1.84. The van der Waals surface area contributed by atoms with Gasteiger partial charge in [0, 0.05) is 30.9 Å². The average molecular weight is 301 g/mol. The van der Waals surface area contributed by atoms with Crippen molar-refractivity contribution >= 4 is 0 Å². The van der Waals surface area contributed by atoms with Crippen LogP contribution in [-0.2, 0) is 13.1 Å². The van der Waals surface area contributed by atoms with Crippen LogP contribution in [-0.4, -0.2) is 34.6 Å². The molecule has 1 aliphatic rings. The number of aryl methyl sites for hydroxylation is 1. The zero-order chi connectivity index (χ0) is 15.5. The second-order valence-electron chi connectivity index (χ2n) is 5.77. The fourth-order valence-corrected chi connectivity index (χ4v) is 2.82. The minimum atomic E-state index is 0.203. The highest BCUT2D eigenvalue weighted by Crippen LogP contribution is 2.30. The minimum absolute atomic E-state index is 0.203. The highest BCUT2D eigenvalue weighted by Gasteiger charge is 2.23. The zero-order valence-corrected chi connectivity index (χ0v) is 13.4. The molecule has 0 saturated carbocycles. The molecule has 1 aromatic heterocycles. The van der Waals surface area contributed by atoms with Crippen molar-refractivity contribution in [2.45, 2.75) is 39.5 Å². The fourth-order valence-electron chi connectivity index (χ4n) is 2.82. The number of fused-ring (bicyclic) bond motifs is 1. The third-order valence-corrected chi connectivity index (χ3v) is 4.18. The normalized spacial score (nSPS) is 18.4. The summed E-state index contributed by atoms with van der Waals surface area (Å²) >= 11 is 0. The molecule has 0 spiro atoms. The molecule has 2 heterocycles. The Morgan fingerprint density at radius 2 is 2.32 bits per heavy atom. The molecule has 5 heteroatoms. The van der Waals surface area contributed by atoms with Crippen LogP contribution in [0.4, 0.5) is 0 Å². The van der Waals surface area contributed by atoms with Gasteiger partial charge in [-0.25, -0.2) is 4.98 Å². The Morgan fingerprint density at radius 1 is 1.45 bits per heavy atom. The van der Waals surface area contributed by atoms with Gasteiger partial charge in [-0.05, 0) is 31.5 Å². The molecule has 22 heavy (non-hydrogen) atoms. The van der Waals surface area contributed by atoms with E-state index in [0.717, 1.165) is 48.9 Å². The van der Waals surface area contributed by atoms with Gasteiger partial charge in [-0.1, -0.05) is 6.92 Å². The maximum Gasteiger partial charge on any atom is 0.124 e. The van der Waals surface area contributed by atoms with E-state index < -0.39 is 0 Å². The van der Waals surface area contributed by atoms with Crippen LogP contribution >= 0.6 is 0 Å². The van der Waals surface area contributed by atoms with E-state index in [-0.39, 0.29) is 6.10 Å². The molecule has 0 fully saturated rings. The van der Waals surface area contributed by atoms with Crippen LogP contribution in [0, 0.1) is 6.92 Å². The van der Waals surface area contributed by atoms with Gasteiger partial charge in [0.15, 0.2) is 0 Å². The van der Waals surface area contributed by atoms with Crippen LogP contribution in [0.1, 0.15) is 30.3 Å². The molecule has 1 N–H and O–H groups in total. The molecule has 1 aromatic carbocycles. The Balaban J connectivity index is 1.86. The van der Waals surface area contributed by atoms with Gasteiger partial charge < -0.3 is 14.5 Å². The number of aromatic nitrogens is 2. The van der Waals surface area contributed by atoms with E-state index in [1.165, 1.54) is 5.56 Å². The third kappa shape index (κ3) is 3.09. The molecular formula is C17H23N3O2. The van der Waals surface area contributed by atoms with Gasteiger partial charge in [0.2, 0.25) is 0 Å². The zero-order valence-electron chi connectivity index (χ0n) is 13.4. The van der Waals surface area contributed by atoms with Gasteiger partial charge in [0.05, 0.1) is 19.1 Å². The summed E-state index contributed by atoms with van der Waals surface area (Å²) in [6.45, 7) is 6.79. The summed E-state index contributed by atoms with van der Waals surface area (Å²) < 4.78 is 11.5. The summed E-state index contributed by atoms with van der Waals surface area (Å²) in [6.07, 6.45) is 2.95. The molecule has 3 rings (SSSR count). The van der Waals surface area contributed by atoms with Crippen LogP contribution in [0.3, 0.4) is 0 Å². The summed E-state index contributed by atoms with van der Waals surface area (Å²) in [6, 6.07) is 6.04. The average Bonchev–Trinajstić information content (AvgIpc) is 2.83. The van der Waals surface area contributed by atoms with E-state index in [1.807, 2.05) is 12.1 Å². The van der Waals surface area contributed by atoms with E-state index in [0.29, 0.717) is 0 Å². The minimum Gasteiger partial charge on any atom is -0.497 e. The van der Waals surface area contributed by atoms with E-state index >= 15 is 0 Å². The standard InChI is InChI=1S/C17H23N3O2/c1-4-14-9-20(10-16-12(2)18-11-19-16)8-13-7-15(21-3)5-6-17(13)22-14/h5-7,11,14H,4,8-10H2,1-3H3,(H,18,19). The van der Waals surface area contributed by atoms with Crippen LogP contribution in [0.5, 0.6) is 11.5 Å². The number of ether oxygens (including phenoxy) is 2. The van der Waals surface area contributed by atoms with Gasteiger partial charge in [0.1, 0.15) is 17.6 Å². The molecule has 118 valence electrons. The Morgan fingerprint density at radius 3 is 3.00 bits per heavy atom. The van der Waals surface area contributed by atoms with Crippen molar-refractivity contribution in [1.29, 1.82) is 0 Å². The Kier molecular flexibility index (Phi) is 4.34. The van der Waals surface area contributed by atoms with Gasteiger partial charge in [-0.15, -0.1) is 0 Å². The number of aromatic amines is 1. The maximum absolute atomic E-state index is 6.16. The number of imidazole rings is 1. The topological polar surface area (TPSA) is 50.4 Å². The number of methoxy groups -OCH3 is 1. The van der Waals surface area contributed by atoms with Gasteiger partial charge in [-0.2, -0.15) is 0 Å². The van der Waals surface area contributed by atoms with E-state index in [2.05, 4.69) is 34.8 Å². The number of nitrogens with zero attached hydrogens (tertiary/aromatic N) is 2. The summed E-state index contributed by atoms with van der Waals surface area (Å²) in [5, 5.41) is 0. The monoisotopic (exact) mass is 301 g/mol. The quantitative estimate of drug-likeness (QED) is 0.943. The predicted molar refractivity (Wildman–Crippen MR) is 85.1 cm³/mol. The molecule has 2 aromatic rings. The lowest BCUT2D eigenvalue weighted by molar-refractivity contribution is 0.138. The SMILES string of the molecule is CCC1CN(Cc2nc[nH]c2C)Cc2cc(OC)ccc2O1. The predicted octanol–water partition coefficient (Wildman–Crippen LogP) is 2.90. The lowest BCUT2D eigenvalue weighted by atomic mass is 10.1. The van der Waals surface area contributed by atoms with Crippen molar-refractivity contribution in [3.63, 3.8) is 0 Å². The summed E-state index contributed by atoms with van der Waals surface area (Å²) in [5.41, 5.74) is 3.40. The number of hydrogen-bond acceptors (Lipinski definition) is 4. The van der Waals surface area contributed by atoms with Crippen LogP contribution < -0.4 is 9.47 Å². The van der Waals surface area contributed by atoms with Crippen molar-refractivity contribution in [2.24, 2.45) is 0 Å². The molecule has 0 aliphatic carbocycles. The third-order valence-electron chi connectivity index (χ3n) is 4.18. The van der Waals surface area contributed by atoms with Crippen molar-refractivity contribution in [3.05, 3.63) is 41.5 Å². The Hall–Kier alpha value is -2.01. The van der Waals surface area contributed by atoms with Crippen LogP contribution in [0.15, 0.2) is 24.5 Å². The smallest absolute Gasteiger partial charge is 0.124 e. The molecular weight excluding hydrogens is 278 g/mol. The first-order chi connectivity index (χ1) is 10.7. The molecule has 5 nitrogen and oxygen atoms in total. The fraction of sp³-hybridized carbons (Fsp3) is 0.471. The lowest BCUT2D eigenvalue weighted by Gasteiger charge is -2.22. The number of nitrogens with one attached hydrogen (secondary N) is 1. The Bertz CT molecular complexity index is 639. The van der Waals surface area contributed by atoms with Crippen LogP contribution in [0.2, 0.25) is 0 Å². The first-order valence-electron chi connectivity index (χ1n) is 7.74. The molecule has 1 unspecified atom stereocenters. The first kappa shape index (κ1) is 14.9.